The Morgan fingerprint density at radius 3 is 2.55 bits per heavy atom. The lowest BCUT2D eigenvalue weighted by Gasteiger charge is -2.34. The van der Waals surface area contributed by atoms with Gasteiger partial charge in [-0.3, -0.25) is 14.7 Å². The molecule has 168 valence electrons. The van der Waals surface area contributed by atoms with Crippen molar-refractivity contribution in [1.29, 1.82) is 0 Å². The maximum atomic E-state index is 13.1. The van der Waals surface area contributed by atoms with Crippen molar-refractivity contribution < 1.29 is 4.79 Å². The Kier molecular flexibility index (Phi) is 5.88. The molecule has 0 unspecified atom stereocenters. The molecule has 0 radical (unpaired) electrons. The molecule has 33 heavy (non-hydrogen) atoms. The van der Waals surface area contributed by atoms with Gasteiger partial charge in [-0.2, -0.15) is 5.10 Å². The second-order valence-electron chi connectivity index (χ2n) is 8.65. The summed E-state index contributed by atoms with van der Waals surface area (Å²) in [4.78, 5) is 26.4. The van der Waals surface area contributed by atoms with E-state index in [-0.39, 0.29) is 12.5 Å². The van der Waals surface area contributed by atoms with Gasteiger partial charge in [0.05, 0.1) is 11.4 Å². The van der Waals surface area contributed by atoms with Crippen molar-refractivity contribution >= 4 is 16.9 Å². The zero-order chi connectivity index (χ0) is 22.8. The second kappa shape index (κ2) is 9.11. The Morgan fingerprint density at radius 1 is 0.939 bits per heavy atom. The molecule has 1 aliphatic rings. The van der Waals surface area contributed by atoms with Gasteiger partial charge in [-0.15, -0.1) is 0 Å². The minimum atomic E-state index is 0.0830. The number of piperazine rings is 1. The van der Waals surface area contributed by atoms with Gasteiger partial charge >= 0.3 is 0 Å². The SMILES string of the molecule is Cc1cccc(-c2ccnc3c2c(C)nn3CC(=O)N2CCN(Cc3ccccn3)CC2)c1. The lowest BCUT2D eigenvalue weighted by Crippen LogP contribution is -2.49. The first-order valence-corrected chi connectivity index (χ1v) is 11.4. The van der Waals surface area contributed by atoms with E-state index in [1.807, 2.05) is 42.3 Å². The molecule has 1 aromatic carbocycles. The van der Waals surface area contributed by atoms with Crippen molar-refractivity contribution in [3.05, 3.63) is 77.9 Å². The molecular weight excluding hydrogens is 412 g/mol. The molecule has 0 bridgehead atoms. The molecule has 4 heterocycles. The second-order valence-corrected chi connectivity index (χ2v) is 8.65. The molecule has 0 aliphatic carbocycles. The third-order valence-corrected chi connectivity index (χ3v) is 6.26. The quantitative estimate of drug-likeness (QED) is 0.476. The Morgan fingerprint density at radius 2 is 1.79 bits per heavy atom. The smallest absolute Gasteiger partial charge is 0.244 e. The fraction of sp³-hybridized carbons (Fsp3) is 0.308. The number of hydrogen-bond acceptors (Lipinski definition) is 5. The monoisotopic (exact) mass is 440 g/mol. The summed E-state index contributed by atoms with van der Waals surface area (Å²) in [5.41, 5.74) is 6.16. The van der Waals surface area contributed by atoms with E-state index in [0.717, 1.165) is 53.2 Å². The summed E-state index contributed by atoms with van der Waals surface area (Å²) in [5, 5.41) is 5.70. The van der Waals surface area contributed by atoms with Crippen LogP contribution in [0.2, 0.25) is 0 Å². The number of carbonyl (C=O) groups excluding carboxylic acids is 1. The summed E-state index contributed by atoms with van der Waals surface area (Å²) in [6, 6.07) is 16.4. The van der Waals surface area contributed by atoms with E-state index in [4.69, 9.17) is 5.10 Å². The van der Waals surface area contributed by atoms with Gasteiger partial charge in [-0.25, -0.2) is 9.67 Å². The van der Waals surface area contributed by atoms with Crippen molar-refractivity contribution in [1.82, 2.24) is 29.5 Å². The number of amides is 1. The molecule has 7 nitrogen and oxygen atoms in total. The van der Waals surface area contributed by atoms with Crippen LogP contribution in [-0.4, -0.2) is 61.6 Å². The van der Waals surface area contributed by atoms with E-state index in [0.29, 0.717) is 13.1 Å². The summed E-state index contributed by atoms with van der Waals surface area (Å²) < 4.78 is 1.76. The highest BCUT2D eigenvalue weighted by Gasteiger charge is 2.23. The van der Waals surface area contributed by atoms with Crippen LogP contribution in [0.4, 0.5) is 0 Å². The van der Waals surface area contributed by atoms with Gasteiger partial charge in [-0.05, 0) is 43.2 Å². The third-order valence-electron chi connectivity index (χ3n) is 6.26. The van der Waals surface area contributed by atoms with Gasteiger partial charge < -0.3 is 4.90 Å². The number of benzene rings is 1. The Hall–Kier alpha value is -3.58. The van der Waals surface area contributed by atoms with E-state index in [1.54, 1.807) is 10.9 Å². The summed E-state index contributed by atoms with van der Waals surface area (Å²) in [6.07, 6.45) is 3.63. The molecule has 5 rings (SSSR count). The topological polar surface area (TPSA) is 67.2 Å². The molecule has 0 N–H and O–H groups in total. The normalized spacial score (nSPS) is 14.7. The summed E-state index contributed by atoms with van der Waals surface area (Å²) in [5.74, 6) is 0.0830. The molecule has 1 aliphatic heterocycles. The number of carbonyl (C=O) groups is 1. The predicted molar refractivity (Wildman–Crippen MR) is 129 cm³/mol. The molecule has 1 saturated heterocycles. The highest BCUT2D eigenvalue weighted by atomic mass is 16.2. The number of aromatic nitrogens is 4. The van der Waals surface area contributed by atoms with Crippen LogP contribution in [0.3, 0.4) is 0 Å². The van der Waals surface area contributed by atoms with Crippen LogP contribution in [0.25, 0.3) is 22.2 Å². The first kappa shape index (κ1) is 21.3. The van der Waals surface area contributed by atoms with Crippen molar-refractivity contribution in [2.45, 2.75) is 26.9 Å². The van der Waals surface area contributed by atoms with Crippen LogP contribution in [-0.2, 0) is 17.9 Å². The zero-order valence-electron chi connectivity index (χ0n) is 19.1. The number of rotatable bonds is 5. The fourth-order valence-electron chi connectivity index (χ4n) is 4.55. The fourth-order valence-corrected chi connectivity index (χ4v) is 4.55. The van der Waals surface area contributed by atoms with Crippen molar-refractivity contribution in [2.75, 3.05) is 26.2 Å². The highest BCUT2D eigenvalue weighted by molar-refractivity contribution is 5.95. The average molecular weight is 441 g/mol. The Labute approximate surface area is 193 Å². The Balaban J connectivity index is 1.30. The minimum absolute atomic E-state index is 0.0830. The van der Waals surface area contributed by atoms with Crippen LogP contribution in [0.15, 0.2) is 60.9 Å². The van der Waals surface area contributed by atoms with E-state index < -0.39 is 0 Å². The third kappa shape index (κ3) is 4.50. The van der Waals surface area contributed by atoms with E-state index in [2.05, 4.69) is 46.1 Å². The van der Waals surface area contributed by atoms with Gasteiger partial charge in [0.2, 0.25) is 5.91 Å². The first-order chi connectivity index (χ1) is 16.1. The maximum absolute atomic E-state index is 13.1. The number of pyridine rings is 2. The van der Waals surface area contributed by atoms with Crippen LogP contribution in [0.5, 0.6) is 0 Å². The van der Waals surface area contributed by atoms with Crippen molar-refractivity contribution in [3.63, 3.8) is 0 Å². The first-order valence-electron chi connectivity index (χ1n) is 11.4. The lowest BCUT2D eigenvalue weighted by molar-refractivity contribution is -0.133. The van der Waals surface area contributed by atoms with E-state index >= 15 is 0 Å². The largest absolute Gasteiger partial charge is 0.339 e. The van der Waals surface area contributed by atoms with E-state index in [1.165, 1.54) is 5.56 Å². The van der Waals surface area contributed by atoms with Gasteiger partial charge in [0, 0.05) is 50.5 Å². The number of hydrogen-bond donors (Lipinski definition) is 0. The number of nitrogens with zero attached hydrogens (tertiary/aromatic N) is 6. The van der Waals surface area contributed by atoms with Gasteiger partial charge in [-0.1, -0.05) is 35.9 Å². The molecule has 1 fully saturated rings. The molecule has 0 saturated carbocycles. The van der Waals surface area contributed by atoms with Crippen LogP contribution in [0.1, 0.15) is 17.0 Å². The van der Waals surface area contributed by atoms with Gasteiger partial charge in [0.15, 0.2) is 5.65 Å². The number of fused-ring (bicyclic) bond motifs is 1. The summed E-state index contributed by atoms with van der Waals surface area (Å²) in [7, 11) is 0. The van der Waals surface area contributed by atoms with Crippen molar-refractivity contribution in [3.8, 4) is 11.1 Å². The minimum Gasteiger partial charge on any atom is -0.339 e. The predicted octanol–water partition coefficient (Wildman–Crippen LogP) is 3.45. The number of aryl methyl sites for hydroxylation is 2. The molecule has 0 atom stereocenters. The maximum Gasteiger partial charge on any atom is 0.244 e. The van der Waals surface area contributed by atoms with Crippen LogP contribution in [0, 0.1) is 13.8 Å². The summed E-state index contributed by atoms with van der Waals surface area (Å²) >= 11 is 0. The molecule has 4 aromatic rings. The lowest BCUT2D eigenvalue weighted by atomic mass is 10.0. The Bertz CT molecular complexity index is 1270. The van der Waals surface area contributed by atoms with Crippen molar-refractivity contribution in [2.24, 2.45) is 0 Å². The van der Waals surface area contributed by atoms with Gasteiger partial charge in [0.25, 0.3) is 0 Å². The standard InChI is InChI=1S/C26H28N6O/c1-19-6-5-7-21(16-19)23-9-11-28-26-25(23)20(2)29-32(26)18-24(33)31-14-12-30(13-15-31)17-22-8-3-4-10-27-22/h3-11,16H,12-15,17-18H2,1-2H3. The average Bonchev–Trinajstić information content (AvgIpc) is 3.15. The molecule has 1 amide bonds. The van der Waals surface area contributed by atoms with E-state index in [9.17, 15) is 4.79 Å². The van der Waals surface area contributed by atoms with Crippen LogP contribution < -0.4 is 0 Å². The molecule has 0 spiro atoms. The zero-order valence-corrected chi connectivity index (χ0v) is 19.1. The molecular formula is C26H28N6O. The molecule has 7 heteroatoms. The van der Waals surface area contributed by atoms with Crippen LogP contribution >= 0.6 is 0 Å². The molecule has 3 aromatic heterocycles. The highest BCUT2D eigenvalue weighted by Crippen LogP contribution is 2.30. The summed E-state index contributed by atoms with van der Waals surface area (Å²) in [6.45, 7) is 8.21. The van der Waals surface area contributed by atoms with Gasteiger partial charge in [0.1, 0.15) is 6.54 Å².